The Labute approximate surface area is 113 Å². The van der Waals surface area contributed by atoms with Crippen LogP contribution >= 0.6 is 11.3 Å². The second-order valence-corrected chi connectivity index (χ2v) is 5.75. The van der Waals surface area contributed by atoms with Gasteiger partial charge in [0.05, 0.1) is 6.04 Å². The van der Waals surface area contributed by atoms with Crippen LogP contribution in [0, 0.1) is 0 Å². The molecule has 1 aliphatic heterocycles. The van der Waals surface area contributed by atoms with Crippen molar-refractivity contribution in [3.05, 3.63) is 22.4 Å². The van der Waals surface area contributed by atoms with Crippen LogP contribution < -0.4 is 5.32 Å². The van der Waals surface area contributed by atoms with Crippen LogP contribution in [0.1, 0.15) is 32.3 Å². The summed E-state index contributed by atoms with van der Waals surface area (Å²) in [6, 6.07) is 2.49. The third kappa shape index (κ3) is 3.12. The second kappa shape index (κ2) is 6.34. The Bertz CT molecular complexity index is 375. The lowest BCUT2D eigenvalue weighted by Gasteiger charge is -2.36. The maximum atomic E-state index is 12.4. The van der Waals surface area contributed by atoms with Crippen molar-refractivity contribution in [1.82, 2.24) is 10.2 Å². The molecule has 1 saturated heterocycles. The highest BCUT2D eigenvalue weighted by Crippen LogP contribution is 2.18. The Hall–Kier alpha value is -0.870. The second-order valence-electron chi connectivity index (χ2n) is 4.97. The lowest BCUT2D eigenvalue weighted by molar-refractivity contribution is -0.138. The zero-order valence-corrected chi connectivity index (χ0v) is 12.0. The largest absolute Gasteiger partial charge is 0.338 e. The monoisotopic (exact) mass is 266 g/mol. The van der Waals surface area contributed by atoms with E-state index < -0.39 is 0 Å². The summed E-state index contributed by atoms with van der Waals surface area (Å²) in [6.45, 7) is 5.99. The molecule has 0 radical (unpaired) electrons. The third-order valence-corrected chi connectivity index (χ3v) is 4.30. The van der Waals surface area contributed by atoms with E-state index in [0.717, 1.165) is 32.4 Å². The summed E-state index contributed by atoms with van der Waals surface area (Å²) in [7, 11) is 0. The number of nitrogens with one attached hydrogen (secondary N) is 1. The predicted molar refractivity (Wildman–Crippen MR) is 75.9 cm³/mol. The standard InChI is InChI=1S/C14H22N2OS/c1-3-15-13-5-4-7-16(14(13)17)11(2)9-12-6-8-18-10-12/h6,8,10-11,13,15H,3-5,7,9H2,1-2H3. The molecule has 2 rings (SSSR count). The number of likely N-dealkylation sites (N-methyl/N-ethyl adjacent to an activating group) is 1. The first kappa shape index (κ1) is 13.6. The van der Waals surface area contributed by atoms with Crippen LogP contribution in [-0.4, -0.2) is 36.0 Å². The van der Waals surface area contributed by atoms with Crippen molar-refractivity contribution in [1.29, 1.82) is 0 Å². The predicted octanol–water partition coefficient (Wildman–Crippen LogP) is 2.28. The van der Waals surface area contributed by atoms with Gasteiger partial charge in [0.1, 0.15) is 0 Å². The fourth-order valence-corrected chi connectivity index (χ4v) is 3.31. The number of likely N-dealkylation sites (tertiary alicyclic amines) is 1. The molecule has 0 saturated carbocycles. The van der Waals surface area contributed by atoms with Crippen LogP contribution in [0.15, 0.2) is 16.8 Å². The van der Waals surface area contributed by atoms with Crippen molar-refractivity contribution in [3.63, 3.8) is 0 Å². The van der Waals surface area contributed by atoms with Crippen LogP contribution in [0.2, 0.25) is 0 Å². The normalized spacial score (nSPS) is 22.2. The number of hydrogen-bond donors (Lipinski definition) is 1. The molecule has 4 heteroatoms. The highest BCUT2D eigenvalue weighted by molar-refractivity contribution is 7.07. The minimum Gasteiger partial charge on any atom is -0.338 e. The summed E-state index contributed by atoms with van der Waals surface area (Å²) in [5.74, 6) is 0.283. The lowest BCUT2D eigenvalue weighted by Crippen LogP contribution is -2.53. The molecule has 0 bridgehead atoms. The van der Waals surface area contributed by atoms with Gasteiger partial charge in [0, 0.05) is 12.6 Å². The summed E-state index contributed by atoms with van der Waals surface area (Å²) in [6.07, 6.45) is 3.06. The average molecular weight is 266 g/mol. The minimum absolute atomic E-state index is 0.0358. The number of piperidine rings is 1. The quantitative estimate of drug-likeness (QED) is 0.887. The van der Waals surface area contributed by atoms with E-state index in [-0.39, 0.29) is 11.9 Å². The number of nitrogens with zero attached hydrogens (tertiary/aromatic N) is 1. The molecule has 100 valence electrons. The first-order valence-electron chi connectivity index (χ1n) is 6.77. The molecule has 1 amide bonds. The molecule has 1 aromatic heterocycles. The van der Waals surface area contributed by atoms with Crippen molar-refractivity contribution in [2.24, 2.45) is 0 Å². The zero-order valence-electron chi connectivity index (χ0n) is 11.2. The lowest BCUT2D eigenvalue weighted by atomic mass is 10.0. The van der Waals surface area contributed by atoms with E-state index in [1.54, 1.807) is 11.3 Å². The van der Waals surface area contributed by atoms with Gasteiger partial charge in [-0.05, 0) is 55.1 Å². The van der Waals surface area contributed by atoms with Gasteiger partial charge < -0.3 is 10.2 Å². The van der Waals surface area contributed by atoms with Crippen LogP contribution in [0.25, 0.3) is 0 Å². The van der Waals surface area contributed by atoms with E-state index in [4.69, 9.17) is 0 Å². The van der Waals surface area contributed by atoms with E-state index in [0.29, 0.717) is 6.04 Å². The number of rotatable bonds is 5. The third-order valence-electron chi connectivity index (χ3n) is 3.57. The minimum atomic E-state index is 0.0358. The molecule has 2 unspecified atom stereocenters. The van der Waals surface area contributed by atoms with Gasteiger partial charge in [-0.1, -0.05) is 6.92 Å². The summed E-state index contributed by atoms with van der Waals surface area (Å²) in [5, 5.41) is 7.56. The van der Waals surface area contributed by atoms with Gasteiger partial charge in [0.2, 0.25) is 5.91 Å². The van der Waals surface area contributed by atoms with Gasteiger partial charge in [-0.25, -0.2) is 0 Å². The molecule has 2 heterocycles. The summed E-state index contributed by atoms with van der Waals surface area (Å²) >= 11 is 1.72. The van der Waals surface area contributed by atoms with Gasteiger partial charge >= 0.3 is 0 Å². The Morgan fingerprint density at radius 3 is 3.11 bits per heavy atom. The Kier molecular flexibility index (Phi) is 4.78. The fourth-order valence-electron chi connectivity index (χ4n) is 2.63. The molecule has 18 heavy (non-hydrogen) atoms. The smallest absolute Gasteiger partial charge is 0.239 e. The van der Waals surface area contributed by atoms with Crippen LogP contribution in [0.4, 0.5) is 0 Å². The van der Waals surface area contributed by atoms with E-state index in [1.807, 2.05) is 0 Å². The first-order chi connectivity index (χ1) is 8.72. The molecule has 0 aliphatic carbocycles. The van der Waals surface area contributed by atoms with Gasteiger partial charge in [0.25, 0.3) is 0 Å². The van der Waals surface area contributed by atoms with Gasteiger partial charge in [-0.3, -0.25) is 4.79 Å². The Morgan fingerprint density at radius 1 is 1.61 bits per heavy atom. The van der Waals surface area contributed by atoms with Crippen LogP contribution in [0.3, 0.4) is 0 Å². The molecule has 2 atom stereocenters. The maximum Gasteiger partial charge on any atom is 0.239 e. The summed E-state index contributed by atoms with van der Waals surface area (Å²) < 4.78 is 0. The van der Waals surface area contributed by atoms with Crippen LogP contribution in [-0.2, 0) is 11.2 Å². The highest BCUT2D eigenvalue weighted by atomic mass is 32.1. The zero-order chi connectivity index (χ0) is 13.0. The average Bonchev–Trinajstić information content (AvgIpc) is 2.85. The van der Waals surface area contributed by atoms with Crippen LogP contribution in [0.5, 0.6) is 0 Å². The molecule has 0 aromatic carbocycles. The number of thiophene rings is 1. The topological polar surface area (TPSA) is 32.3 Å². The Morgan fingerprint density at radius 2 is 2.44 bits per heavy atom. The molecule has 1 fully saturated rings. The van der Waals surface area contributed by atoms with Crippen molar-refractivity contribution in [2.45, 2.75) is 45.2 Å². The highest BCUT2D eigenvalue weighted by Gasteiger charge is 2.30. The Balaban J connectivity index is 1.96. The fraction of sp³-hybridized carbons (Fsp3) is 0.643. The van der Waals surface area contributed by atoms with Gasteiger partial charge in [0.15, 0.2) is 0 Å². The maximum absolute atomic E-state index is 12.4. The molecule has 1 N–H and O–H groups in total. The first-order valence-corrected chi connectivity index (χ1v) is 7.71. The molecule has 1 aromatic rings. The van der Waals surface area contributed by atoms with E-state index in [9.17, 15) is 4.79 Å². The van der Waals surface area contributed by atoms with Gasteiger partial charge in [-0.2, -0.15) is 11.3 Å². The van der Waals surface area contributed by atoms with Crippen molar-refractivity contribution in [2.75, 3.05) is 13.1 Å². The molecular formula is C14H22N2OS. The van der Waals surface area contributed by atoms with Crippen molar-refractivity contribution >= 4 is 17.2 Å². The SMILES string of the molecule is CCNC1CCCN(C(C)Cc2ccsc2)C1=O. The number of hydrogen-bond acceptors (Lipinski definition) is 3. The molecule has 0 spiro atoms. The number of amides is 1. The van der Waals surface area contributed by atoms with Crippen molar-refractivity contribution in [3.8, 4) is 0 Å². The summed E-state index contributed by atoms with van der Waals surface area (Å²) in [5.41, 5.74) is 1.34. The summed E-state index contributed by atoms with van der Waals surface area (Å²) in [4.78, 5) is 14.4. The van der Waals surface area contributed by atoms with Crippen molar-refractivity contribution < 1.29 is 4.79 Å². The van der Waals surface area contributed by atoms with E-state index in [1.165, 1.54) is 5.56 Å². The van der Waals surface area contributed by atoms with E-state index in [2.05, 4.69) is 40.9 Å². The van der Waals surface area contributed by atoms with E-state index >= 15 is 0 Å². The number of carbonyl (C=O) groups is 1. The molecule has 3 nitrogen and oxygen atoms in total. The molecule has 1 aliphatic rings. The van der Waals surface area contributed by atoms with Gasteiger partial charge in [-0.15, -0.1) is 0 Å². The number of carbonyl (C=O) groups excluding carboxylic acids is 1. The molecular weight excluding hydrogens is 244 g/mol.